The highest BCUT2D eigenvalue weighted by Gasteiger charge is 2.47. The largest absolute Gasteiger partial charge is 0.481 e. The van der Waals surface area contributed by atoms with Crippen LogP contribution < -0.4 is 10.6 Å². The van der Waals surface area contributed by atoms with Crippen molar-refractivity contribution in [2.75, 3.05) is 19.8 Å². The second-order valence-electron chi connectivity index (χ2n) is 4.57. The lowest BCUT2D eigenvalue weighted by Crippen LogP contribution is -2.52. The molecular formula is C11H18N2O4. The van der Waals surface area contributed by atoms with Gasteiger partial charge in [0.15, 0.2) is 0 Å². The molecule has 1 aliphatic rings. The van der Waals surface area contributed by atoms with Gasteiger partial charge in [-0.05, 0) is 13.8 Å². The summed E-state index contributed by atoms with van der Waals surface area (Å²) in [6.45, 7) is 7.69. The van der Waals surface area contributed by atoms with Crippen molar-refractivity contribution < 1.29 is 19.4 Å². The zero-order valence-electron chi connectivity index (χ0n) is 10.1. The number of hydrogen-bond acceptors (Lipinski definition) is 3. The first-order chi connectivity index (χ1) is 7.86. The van der Waals surface area contributed by atoms with E-state index in [1.165, 1.54) is 0 Å². The fourth-order valence-corrected chi connectivity index (χ4v) is 1.53. The van der Waals surface area contributed by atoms with Crippen molar-refractivity contribution in [1.82, 2.24) is 10.6 Å². The third kappa shape index (κ3) is 3.20. The molecule has 6 nitrogen and oxygen atoms in total. The Kier molecular flexibility index (Phi) is 4.11. The number of ether oxygens (including phenoxy) is 1. The minimum Gasteiger partial charge on any atom is -0.481 e. The van der Waals surface area contributed by atoms with Gasteiger partial charge in [-0.1, -0.05) is 12.2 Å². The van der Waals surface area contributed by atoms with Crippen molar-refractivity contribution >= 4 is 12.0 Å². The molecule has 0 radical (unpaired) electrons. The first kappa shape index (κ1) is 13.5. The quantitative estimate of drug-likeness (QED) is 0.621. The molecule has 1 heterocycles. The van der Waals surface area contributed by atoms with E-state index in [0.29, 0.717) is 6.54 Å². The minimum atomic E-state index is -1.07. The van der Waals surface area contributed by atoms with Gasteiger partial charge in [-0.2, -0.15) is 0 Å². The highest BCUT2D eigenvalue weighted by Crippen LogP contribution is 2.28. The fraction of sp³-hybridized carbons (Fsp3) is 0.636. The highest BCUT2D eigenvalue weighted by molar-refractivity contribution is 5.79. The molecule has 1 saturated heterocycles. The van der Waals surface area contributed by atoms with E-state index in [-0.39, 0.29) is 13.2 Å². The molecule has 2 unspecified atom stereocenters. The van der Waals surface area contributed by atoms with Crippen molar-refractivity contribution in [3.8, 4) is 0 Å². The molecule has 0 aromatic carbocycles. The number of carboxylic acids is 1. The van der Waals surface area contributed by atoms with Crippen molar-refractivity contribution in [1.29, 1.82) is 0 Å². The third-order valence-electron chi connectivity index (χ3n) is 2.80. The Morgan fingerprint density at radius 3 is 2.76 bits per heavy atom. The van der Waals surface area contributed by atoms with E-state index in [1.54, 1.807) is 13.8 Å². The first-order valence-corrected chi connectivity index (χ1v) is 5.36. The van der Waals surface area contributed by atoms with Gasteiger partial charge in [0.1, 0.15) is 5.41 Å². The molecule has 1 fully saturated rings. The summed E-state index contributed by atoms with van der Waals surface area (Å²) < 4.78 is 5.12. The maximum absolute atomic E-state index is 11.5. The number of carbonyl (C=O) groups is 2. The number of nitrogens with one attached hydrogen (secondary N) is 2. The number of rotatable bonds is 4. The van der Waals surface area contributed by atoms with Gasteiger partial charge in [0, 0.05) is 6.54 Å². The fourth-order valence-electron chi connectivity index (χ4n) is 1.53. The molecular weight excluding hydrogens is 224 g/mol. The van der Waals surface area contributed by atoms with Crippen LogP contribution in [-0.2, 0) is 9.53 Å². The first-order valence-electron chi connectivity index (χ1n) is 5.36. The molecule has 0 bridgehead atoms. The van der Waals surface area contributed by atoms with E-state index >= 15 is 0 Å². The molecule has 0 spiro atoms. The van der Waals surface area contributed by atoms with E-state index in [1.807, 2.05) is 0 Å². The smallest absolute Gasteiger partial charge is 0.315 e. The van der Waals surface area contributed by atoms with Crippen LogP contribution in [0.4, 0.5) is 4.79 Å². The van der Waals surface area contributed by atoms with Crippen LogP contribution in [0.15, 0.2) is 12.2 Å². The van der Waals surface area contributed by atoms with E-state index in [9.17, 15) is 9.59 Å². The van der Waals surface area contributed by atoms with Gasteiger partial charge in [0.25, 0.3) is 0 Å². The van der Waals surface area contributed by atoms with Crippen LogP contribution in [0.1, 0.15) is 13.8 Å². The summed E-state index contributed by atoms with van der Waals surface area (Å²) in [4.78, 5) is 22.6. The van der Waals surface area contributed by atoms with Gasteiger partial charge in [0.2, 0.25) is 0 Å². The summed E-state index contributed by atoms with van der Waals surface area (Å²) in [7, 11) is 0. The van der Waals surface area contributed by atoms with Gasteiger partial charge in [-0.3, -0.25) is 4.79 Å². The highest BCUT2D eigenvalue weighted by atomic mass is 16.5. The van der Waals surface area contributed by atoms with E-state index in [0.717, 1.165) is 5.57 Å². The Balaban J connectivity index is 2.53. The molecule has 1 aliphatic heterocycles. The van der Waals surface area contributed by atoms with Crippen molar-refractivity contribution in [3.63, 3.8) is 0 Å². The van der Waals surface area contributed by atoms with E-state index in [2.05, 4.69) is 17.2 Å². The molecule has 3 N–H and O–H groups in total. The topological polar surface area (TPSA) is 87.7 Å². The maximum atomic E-state index is 11.5. The number of aliphatic carboxylic acids is 1. The summed E-state index contributed by atoms with van der Waals surface area (Å²) in [5, 5.41) is 14.3. The molecule has 17 heavy (non-hydrogen) atoms. The molecule has 2 amide bonds. The van der Waals surface area contributed by atoms with Crippen LogP contribution >= 0.6 is 0 Å². The Morgan fingerprint density at radius 2 is 2.24 bits per heavy atom. The Bertz CT molecular complexity index is 342. The number of carboxylic acid groups (broad SMARTS) is 1. The third-order valence-corrected chi connectivity index (χ3v) is 2.80. The molecule has 0 saturated carbocycles. The standard InChI is InChI=1S/C11H18N2O4/c1-7(2)4-12-10(16)13-8-5-17-6-11(8,3)9(14)15/h8H,1,4-6H2,2-3H3,(H,14,15)(H2,12,13,16). The van der Waals surface area contributed by atoms with Gasteiger partial charge in [-0.15, -0.1) is 0 Å². The van der Waals surface area contributed by atoms with Crippen LogP contribution in [0.2, 0.25) is 0 Å². The Labute approximate surface area is 100 Å². The summed E-state index contributed by atoms with van der Waals surface area (Å²) in [5.41, 5.74) is -0.246. The van der Waals surface area contributed by atoms with Gasteiger partial charge in [0.05, 0.1) is 19.3 Å². The second-order valence-corrected chi connectivity index (χ2v) is 4.57. The number of hydrogen-bond donors (Lipinski definition) is 3. The predicted octanol–water partition coefficient (Wildman–Crippen LogP) is 0.351. The number of urea groups is 1. The van der Waals surface area contributed by atoms with Crippen LogP contribution in [-0.4, -0.2) is 42.9 Å². The van der Waals surface area contributed by atoms with Crippen LogP contribution in [0, 0.1) is 5.41 Å². The molecule has 6 heteroatoms. The molecule has 2 atom stereocenters. The lowest BCUT2D eigenvalue weighted by atomic mass is 9.85. The molecule has 0 aliphatic carbocycles. The lowest BCUT2D eigenvalue weighted by Gasteiger charge is -2.25. The van der Waals surface area contributed by atoms with Crippen LogP contribution in [0.5, 0.6) is 0 Å². The molecule has 0 aromatic heterocycles. The van der Waals surface area contributed by atoms with Crippen LogP contribution in [0.3, 0.4) is 0 Å². The molecule has 96 valence electrons. The predicted molar refractivity (Wildman–Crippen MR) is 61.7 cm³/mol. The second kappa shape index (κ2) is 5.18. The lowest BCUT2D eigenvalue weighted by molar-refractivity contribution is -0.148. The summed E-state index contributed by atoms with van der Waals surface area (Å²) >= 11 is 0. The molecule has 1 rings (SSSR count). The average molecular weight is 242 g/mol. The van der Waals surface area contributed by atoms with Crippen LogP contribution in [0.25, 0.3) is 0 Å². The summed E-state index contributed by atoms with van der Waals surface area (Å²) in [6.07, 6.45) is 0. The van der Waals surface area contributed by atoms with Gasteiger partial charge in [-0.25, -0.2) is 4.79 Å². The average Bonchev–Trinajstić information content (AvgIpc) is 2.59. The van der Waals surface area contributed by atoms with Gasteiger partial charge < -0.3 is 20.5 Å². The van der Waals surface area contributed by atoms with E-state index in [4.69, 9.17) is 9.84 Å². The number of amides is 2. The minimum absolute atomic E-state index is 0.105. The Morgan fingerprint density at radius 1 is 1.59 bits per heavy atom. The maximum Gasteiger partial charge on any atom is 0.315 e. The Hall–Kier alpha value is -1.56. The zero-order chi connectivity index (χ0) is 13.1. The van der Waals surface area contributed by atoms with Gasteiger partial charge >= 0.3 is 12.0 Å². The van der Waals surface area contributed by atoms with Crippen molar-refractivity contribution in [3.05, 3.63) is 12.2 Å². The van der Waals surface area contributed by atoms with Crippen molar-refractivity contribution in [2.45, 2.75) is 19.9 Å². The molecule has 0 aromatic rings. The van der Waals surface area contributed by atoms with E-state index < -0.39 is 23.5 Å². The monoisotopic (exact) mass is 242 g/mol. The summed E-state index contributed by atoms with van der Waals surface area (Å²) in [5.74, 6) is -0.972. The van der Waals surface area contributed by atoms with Crippen molar-refractivity contribution in [2.24, 2.45) is 5.41 Å². The summed E-state index contributed by atoms with van der Waals surface area (Å²) in [6, 6.07) is -0.930. The number of carbonyl (C=O) groups excluding carboxylic acids is 1. The zero-order valence-corrected chi connectivity index (χ0v) is 10.1. The SMILES string of the molecule is C=C(C)CNC(=O)NC1COCC1(C)C(=O)O. The normalized spacial score (nSPS) is 27.5.